The maximum atomic E-state index is 12.2. The summed E-state index contributed by atoms with van der Waals surface area (Å²) in [5.41, 5.74) is 0.473. The van der Waals surface area contributed by atoms with Crippen LogP contribution in [0.15, 0.2) is 12.3 Å². The molecular weight excluding hydrogens is 380 g/mol. The highest BCUT2D eigenvalue weighted by Crippen LogP contribution is 2.23. The van der Waals surface area contributed by atoms with Gasteiger partial charge in [-0.05, 0) is 40.9 Å². The number of nitrogens with zero attached hydrogens (tertiary/aromatic N) is 3. The Kier molecular flexibility index (Phi) is 5.15. The third kappa shape index (κ3) is 3.45. The van der Waals surface area contributed by atoms with Crippen molar-refractivity contribution in [3.05, 3.63) is 18.0 Å². The van der Waals surface area contributed by atoms with Crippen LogP contribution < -0.4 is 0 Å². The number of esters is 1. The van der Waals surface area contributed by atoms with Crippen LogP contribution in [-0.2, 0) is 9.53 Å². The van der Waals surface area contributed by atoms with E-state index in [0.29, 0.717) is 38.0 Å². The summed E-state index contributed by atoms with van der Waals surface area (Å²) in [7, 11) is 1.40. The van der Waals surface area contributed by atoms with Crippen molar-refractivity contribution in [2.45, 2.75) is 12.8 Å². The van der Waals surface area contributed by atoms with Crippen LogP contribution in [0.4, 0.5) is 0 Å². The SMILES string of the molecule is COC(=O)C1CCN(C(=O)c2ccn(PI)n2)CC1. The van der Waals surface area contributed by atoms with Crippen LogP contribution in [0.2, 0.25) is 0 Å². The van der Waals surface area contributed by atoms with Gasteiger partial charge < -0.3 is 9.64 Å². The van der Waals surface area contributed by atoms with Crippen LogP contribution in [0.1, 0.15) is 23.3 Å². The van der Waals surface area contributed by atoms with Crippen LogP contribution >= 0.6 is 28.4 Å². The summed E-state index contributed by atoms with van der Waals surface area (Å²) in [5, 5.41) is 4.21. The molecule has 8 heteroatoms. The number of ether oxygens (including phenoxy) is 1. The van der Waals surface area contributed by atoms with Gasteiger partial charge in [-0.15, -0.1) is 0 Å². The number of hydrogen-bond donors (Lipinski definition) is 0. The predicted molar refractivity (Wildman–Crippen MR) is 80.6 cm³/mol. The van der Waals surface area contributed by atoms with E-state index >= 15 is 0 Å². The molecule has 1 aromatic heterocycles. The first-order valence-electron chi connectivity index (χ1n) is 5.95. The zero-order valence-electron chi connectivity index (χ0n) is 10.5. The van der Waals surface area contributed by atoms with Crippen molar-refractivity contribution in [2.75, 3.05) is 20.2 Å². The molecule has 19 heavy (non-hydrogen) atoms. The molecule has 2 heterocycles. The van der Waals surface area contributed by atoms with Gasteiger partial charge in [0.05, 0.1) is 19.4 Å². The van der Waals surface area contributed by atoms with Gasteiger partial charge in [0, 0.05) is 19.3 Å². The number of carbonyl (C=O) groups is 2. The average molecular weight is 395 g/mol. The first-order chi connectivity index (χ1) is 9.15. The fraction of sp³-hybridized carbons (Fsp3) is 0.545. The van der Waals surface area contributed by atoms with Crippen LogP contribution in [0.3, 0.4) is 0 Å². The number of methoxy groups -OCH3 is 1. The number of rotatable bonds is 3. The Morgan fingerprint density at radius 3 is 2.68 bits per heavy atom. The molecule has 1 amide bonds. The van der Waals surface area contributed by atoms with Crippen molar-refractivity contribution >= 4 is 40.3 Å². The molecule has 104 valence electrons. The Morgan fingerprint density at radius 2 is 2.16 bits per heavy atom. The van der Waals surface area contributed by atoms with Gasteiger partial charge in [-0.3, -0.25) is 9.59 Å². The van der Waals surface area contributed by atoms with Gasteiger partial charge in [0.15, 0.2) is 5.69 Å². The second-order valence-corrected chi connectivity index (χ2v) is 6.39. The molecule has 0 bridgehead atoms. The molecule has 1 unspecified atom stereocenters. The molecule has 0 spiro atoms. The monoisotopic (exact) mass is 395 g/mol. The number of hydrogen-bond acceptors (Lipinski definition) is 4. The summed E-state index contributed by atoms with van der Waals surface area (Å²) in [6, 6.07) is 1.74. The molecule has 0 aromatic carbocycles. The average Bonchev–Trinajstić information content (AvgIpc) is 2.94. The molecule has 0 saturated carbocycles. The summed E-state index contributed by atoms with van der Waals surface area (Å²) in [4.78, 5) is 25.4. The van der Waals surface area contributed by atoms with Crippen molar-refractivity contribution < 1.29 is 14.3 Å². The number of likely N-dealkylation sites (tertiary alicyclic amines) is 1. The maximum absolute atomic E-state index is 12.2. The molecule has 0 aliphatic carbocycles. The molecule has 0 N–H and O–H groups in total. The summed E-state index contributed by atoms with van der Waals surface area (Å²) in [5.74, 6) is -0.318. The Hall–Kier alpha value is -0.690. The summed E-state index contributed by atoms with van der Waals surface area (Å²) >= 11 is 2.21. The van der Waals surface area contributed by atoms with Crippen molar-refractivity contribution in [1.82, 2.24) is 14.5 Å². The Labute approximate surface area is 126 Å². The van der Waals surface area contributed by atoms with Crippen LogP contribution in [0.5, 0.6) is 0 Å². The molecule has 1 saturated heterocycles. The van der Waals surface area contributed by atoms with Crippen molar-refractivity contribution in [3.63, 3.8) is 0 Å². The number of amides is 1. The Morgan fingerprint density at radius 1 is 1.47 bits per heavy atom. The quantitative estimate of drug-likeness (QED) is 0.444. The third-order valence-electron chi connectivity index (χ3n) is 3.21. The smallest absolute Gasteiger partial charge is 0.308 e. The number of piperidine rings is 1. The molecular formula is C11H15IN3O3P. The van der Waals surface area contributed by atoms with Crippen LogP contribution in [0, 0.1) is 5.92 Å². The summed E-state index contributed by atoms with van der Waals surface area (Å²) < 4.78 is 6.47. The normalized spacial score (nSPS) is 17.1. The van der Waals surface area contributed by atoms with Gasteiger partial charge in [-0.25, -0.2) is 4.45 Å². The number of carbonyl (C=O) groups excluding carboxylic acids is 2. The van der Waals surface area contributed by atoms with Gasteiger partial charge >= 0.3 is 5.97 Å². The molecule has 1 fully saturated rings. The fourth-order valence-corrected chi connectivity index (χ4v) is 3.21. The van der Waals surface area contributed by atoms with Crippen molar-refractivity contribution in [2.24, 2.45) is 5.92 Å². The molecule has 1 aliphatic heterocycles. The second kappa shape index (κ2) is 6.65. The van der Waals surface area contributed by atoms with Gasteiger partial charge in [-0.1, -0.05) is 0 Å². The lowest BCUT2D eigenvalue weighted by Gasteiger charge is -2.30. The second-order valence-electron chi connectivity index (χ2n) is 4.32. The van der Waals surface area contributed by atoms with Gasteiger partial charge in [0.25, 0.3) is 5.91 Å². The Balaban J connectivity index is 1.94. The molecule has 0 radical (unpaired) electrons. The van der Waals surface area contributed by atoms with Crippen molar-refractivity contribution in [3.8, 4) is 0 Å². The lowest BCUT2D eigenvalue weighted by atomic mass is 9.97. The first kappa shape index (κ1) is 14.7. The largest absolute Gasteiger partial charge is 0.469 e. The highest BCUT2D eigenvalue weighted by Gasteiger charge is 2.29. The van der Waals surface area contributed by atoms with E-state index in [1.807, 2.05) is 0 Å². The predicted octanol–water partition coefficient (Wildman–Crippen LogP) is 1.70. The highest BCUT2D eigenvalue weighted by atomic mass is 127. The summed E-state index contributed by atoms with van der Waals surface area (Å²) in [6.07, 6.45) is 3.61. The lowest BCUT2D eigenvalue weighted by Crippen LogP contribution is -2.40. The molecule has 6 nitrogen and oxygen atoms in total. The third-order valence-corrected chi connectivity index (χ3v) is 5.12. The van der Waals surface area contributed by atoms with Crippen molar-refractivity contribution in [1.29, 1.82) is 0 Å². The van der Waals surface area contributed by atoms with E-state index in [4.69, 9.17) is 4.74 Å². The van der Waals surface area contributed by atoms with Crippen LogP contribution in [0.25, 0.3) is 0 Å². The zero-order valence-corrected chi connectivity index (χ0v) is 13.7. The topological polar surface area (TPSA) is 64.4 Å². The van der Waals surface area contributed by atoms with Gasteiger partial charge in [-0.2, -0.15) is 5.10 Å². The fourth-order valence-electron chi connectivity index (χ4n) is 2.13. The first-order valence-corrected chi connectivity index (χ1v) is 10.0. The van der Waals surface area contributed by atoms with E-state index in [1.165, 1.54) is 7.11 Å². The van der Waals surface area contributed by atoms with Crippen LogP contribution in [-0.4, -0.2) is 46.5 Å². The van der Waals surface area contributed by atoms with E-state index in [1.54, 1.807) is 21.6 Å². The molecule has 1 aliphatic rings. The zero-order chi connectivity index (χ0) is 13.8. The maximum Gasteiger partial charge on any atom is 0.308 e. The highest BCUT2D eigenvalue weighted by molar-refractivity contribution is 14.2. The number of halogens is 1. The lowest BCUT2D eigenvalue weighted by molar-refractivity contribution is -0.146. The minimum atomic E-state index is -0.178. The minimum absolute atomic E-state index is 0.0586. The van der Waals surface area contributed by atoms with E-state index in [-0.39, 0.29) is 17.8 Å². The van der Waals surface area contributed by atoms with Gasteiger partial charge in [0.2, 0.25) is 0 Å². The number of aromatic nitrogens is 2. The Bertz CT molecular complexity index is 472. The minimum Gasteiger partial charge on any atom is -0.469 e. The van der Waals surface area contributed by atoms with E-state index in [2.05, 4.69) is 27.1 Å². The molecule has 1 aromatic rings. The van der Waals surface area contributed by atoms with E-state index in [9.17, 15) is 9.59 Å². The standard InChI is InChI=1S/C11H15IN3O3P/c1-18-11(17)8-2-5-14(6-3-8)10(16)9-4-7-15(13-9)19-12/h4,7-8,19H,2-3,5-6H2,1H3. The molecule has 2 rings (SSSR count). The van der Waals surface area contributed by atoms with E-state index in [0.717, 1.165) is 0 Å². The van der Waals surface area contributed by atoms with E-state index < -0.39 is 0 Å². The summed E-state index contributed by atoms with van der Waals surface area (Å²) in [6.45, 7) is 1.16. The molecule has 1 atom stereocenters. The van der Waals surface area contributed by atoms with Gasteiger partial charge in [0.1, 0.15) is 0 Å².